The maximum absolute atomic E-state index is 12.8. The van der Waals surface area contributed by atoms with Gasteiger partial charge in [-0.1, -0.05) is 23.7 Å². The molecule has 3 aromatic rings. The number of aryl methyl sites for hydroxylation is 2. The number of nitrogens with one attached hydrogen (secondary N) is 2. The van der Waals surface area contributed by atoms with Crippen LogP contribution in [-0.2, 0) is 11.2 Å². The molecular formula is C29H33ClN4O4. The largest absolute Gasteiger partial charge is 0.490 e. The molecule has 2 aromatic carbocycles. The van der Waals surface area contributed by atoms with E-state index in [1.807, 2.05) is 37.3 Å². The van der Waals surface area contributed by atoms with Crippen molar-refractivity contribution in [2.24, 2.45) is 0 Å². The van der Waals surface area contributed by atoms with Crippen LogP contribution in [-0.4, -0.2) is 55.0 Å². The van der Waals surface area contributed by atoms with Crippen molar-refractivity contribution < 1.29 is 19.1 Å². The van der Waals surface area contributed by atoms with Crippen molar-refractivity contribution in [3.8, 4) is 17.2 Å². The van der Waals surface area contributed by atoms with Crippen molar-refractivity contribution in [2.75, 3.05) is 38.6 Å². The van der Waals surface area contributed by atoms with Gasteiger partial charge < -0.3 is 20.1 Å². The number of rotatable bonds is 11. The number of hydrogen-bond donors (Lipinski definition) is 2. The Morgan fingerprint density at radius 1 is 1.05 bits per heavy atom. The number of benzene rings is 2. The molecule has 2 heterocycles. The van der Waals surface area contributed by atoms with E-state index in [4.69, 9.17) is 21.1 Å². The van der Waals surface area contributed by atoms with Crippen molar-refractivity contribution in [3.05, 3.63) is 76.6 Å². The predicted octanol–water partition coefficient (Wildman–Crippen LogP) is 5.24. The van der Waals surface area contributed by atoms with E-state index in [1.165, 1.54) is 19.0 Å². The Kier molecular flexibility index (Phi) is 9.56. The number of halogens is 1. The predicted molar refractivity (Wildman–Crippen MR) is 148 cm³/mol. The van der Waals surface area contributed by atoms with Gasteiger partial charge >= 0.3 is 0 Å². The zero-order valence-electron chi connectivity index (χ0n) is 21.8. The van der Waals surface area contributed by atoms with E-state index >= 15 is 0 Å². The first kappa shape index (κ1) is 27.4. The van der Waals surface area contributed by atoms with Gasteiger partial charge in [0.25, 0.3) is 5.91 Å². The highest BCUT2D eigenvalue weighted by Gasteiger charge is 2.14. The van der Waals surface area contributed by atoms with Crippen molar-refractivity contribution >= 4 is 29.1 Å². The van der Waals surface area contributed by atoms with Crippen molar-refractivity contribution in [2.45, 2.75) is 32.6 Å². The number of pyridine rings is 1. The molecule has 2 N–H and O–H groups in total. The average Bonchev–Trinajstić information content (AvgIpc) is 3.44. The lowest BCUT2D eigenvalue weighted by molar-refractivity contribution is -0.116. The molecule has 1 aliphatic rings. The third kappa shape index (κ3) is 7.69. The minimum absolute atomic E-state index is 0.102. The highest BCUT2D eigenvalue weighted by atomic mass is 35.5. The van der Waals surface area contributed by atoms with Gasteiger partial charge in [-0.15, -0.1) is 0 Å². The first-order valence-corrected chi connectivity index (χ1v) is 13.2. The molecule has 2 amide bonds. The molecule has 8 nitrogen and oxygen atoms in total. The standard InChI is InChI=1S/C29H33ClN4O4/c1-20-17-25(27(19-24(20)30)37-16-15-34-13-3-4-14-34)33-28(35)10-7-21-5-8-22(9-6-21)38-23-11-12-32-26(18-23)29(36)31-2/h5-6,8-9,11-12,17-19H,3-4,7,10,13-16H2,1-2H3,(H,31,36)(H,33,35). The summed E-state index contributed by atoms with van der Waals surface area (Å²) >= 11 is 6.33. The van der Waals surface area contributed by atoms with Crippen LogP contribution in [0.15, 0.2) is 54.7 Å². The second-order valence-electron chi connectivity index (χ2n) is 9.24. The number of ether oxygens (including phenoxy) is 2. The zero-order chi connectivity index (χ0) is 26.9. The van der Waals surface area contributed by atoms with Crippen LogP contribution in [0.25, 0.3) is 0 Å². The molecule has 38 heavy (non-hydrogen) atoms. The van der Waals surface area contributed by atoms with Crippen LogP contribution in [0.4, 0.5) is 5.69 Å². The Morgan fingerprint density at radius 2 is 1.82 bits per heavy atom. The molecule has 0 atom stereocenters. The molecule has 0 saturated carbocycles. The van der Waals surface area contributed by atoms with E-state index in [0.717, 1.165) is 30.8 Å². The van der Waals surface area contributed by atoms with Gasteiger partial charge in [0.15, 0.2) is 0 Å². The van der Waals surface area contributed by atoms with Gasteiger partial charge in [-0.05, 0) is 74.7 Å². The fraction of sp³-hybridized carbons (Fsp3) is 0.345. The van der Waals surface area contributed by atoms with Crippen LogP contribution in [0.2, 0.25) is 5.02 Å². The Morgan fingerprint density at radius 3 is 2.55 bits per heavy atom. The molecule has 200 valence electrons. The maximum atomic E-state index is 12.8. The second kappa shape index (κ2) is 13.3. The monoisotopic (exact) mass is 536 g/mol. The van der Waals surface area contributed by atoms with E-state index in [9.17, 15) is 9.59 Å². The molecule has 1 saturated heterocycles. The summed E-state index contributed by atoms with van der Waals surface area (Å²) in [6.07, 6.45) is 4.88. The normalized spacial score (nSPS) is 13.2. The van der Waals surface area contributed by atoms with Gasteiger partial charge in [-0.25, -0.2) is 0 Å². The van der Waals surface area contributed by atoms with E-state index < -0.39 is 0 Å². The minimum atomic E-state index is -0.279. The van der Waals surface area contributed by atoms with Crippen LogP contribution in [0, 0.1) is 6.92 Å². The van der Waals surface area contributed by atoms with Gasteiger partial charge in [0.2, 0.25) is 5.91 Å². The number of carbonyl (C=O) groups is 2. The van der Waals surface area contributed by atoms with Gasteiger partial charge in [-0.3, -0.25) is 19.5 Å². The summed E-state index contributed by atoms with van der Waals surface area (Å²) in [5, 5.41) is 6.14. The van der Waals surface area contributed by atoms with E-state index in [0.29, 0.717) is 47.4 Å². The number of likely N-dealkylation sites (tertiary alicyclic amines) is 1. The molecule has 0 bridgehead atoms. The first-order chi connectivity index (χ1) is 18.4. The van der Waals surface area contributed by atoms with E-state index in [1.54, 1.807) is 25.2 Å². The number of anilines is 1. The summed E-state index contributed by atoms with van der Waals surface area (Å²) in [6.45, 7) is 5.52. The van der Waals surface area contributed by atoms with Crippen molar-refractivity contribution in [3.63, 3.8) is 0 Å². The molecule has 0 unspecified atom stereocenters. The summed E-state index contributed by atoms with van der Waals surface area (Å²) in [6, 6.07) is 14.4. The van der Waals surface area contributed by atoms with Gasteiger partial charge in [0.1, 0.15) is 29.5 Å². The van der Waals surface area contributed by atoms with Crippen LogP contribution in [0.1, 0.15) is 40.9 Å². The molecule has 1 fully saturated rings. The molecule has 0 radical (unpaired) electrons. The Balaban J connectivity index is 1.30. The molecule has 4 rings (SSSR count). The molecule has 0 aliphatic carbocycles. The van der Waals surface area contributed by atoms with Gasteiger partial charge in [0.05, 0.1) is 5.69 Å². The summed E-state index contributed by atoms with van der Waals surface area (Å²) in [4.78, 5) is 31.0. The first-order valence-electron chi connectivity index (χ1n) is 12.8. The molecule has 9 heteroatoms. The Hall–Kier alpha value is -3.62. The fourth-order valence-electron chi connectivity index (χ4n) is 4.23. The van der Waals surface area contributed by atoms with Crippen LogP contribution >= 0.6 is 11.6 Å². The highest BCUT2D eigenvalue weighted by Crippen LogP contribution is 2.31. The number of aromatic nitrogens is 1. The quantitative estimate of drug-likeness (QED) is 0.348. The Labute approximate surface area is 228 Å². The molecule has 1 aliphatic heterocycles. The second-order valence-corrected chi connectivity index (χ2v) is 9.65. The molecular weight excluding hydrogens is 504 g/mol. The smallest absolute Gasteiger partial charge is 0.269 e. The number of hydrogen-bond acceptors (Lipinski definition) is 6. The van der Waals surface area contributed by atoms with Crippen LogP contribution in [0.5, 0.6) is 17.2 Å². The highest BCUT2D eigenvalue weighted by molar-refractivity contribution is 6.31. The van der Waals surface area contributed by atoms with Gasteiger partial charge in [-0.2, -0.15) is 0 Å². The van der Waals surface area contributed by atoms with Crippen molar-refractivity contribution in [1.82, 2.24) is 15.2 Å². The maximum Gasteiger partial charge on any atom is 0.269 e. The topological polar surface area (TPSA) is 92.8 Å². The van der Waals surface area contributed by atoms with Crippen LogP contribution in [0.3, 0.4) is 0 Å². The minimum Gasteiger partial charge on any atom is -0.490 e. The van der Waals surface area contributed by atoms with E-state index in [2.05, 4.69) is 20.5 Å². The number of carbonyl (C=O) groups excluding carboxylic acids is 2. The molecule has 1 aromatic heterocycles. The zero-order valence-corrected chi connectivity index (χ0v) is 22.5. The lowest BCUT2D eigenvalue weighted by Crippen LogP contribution is -2.25. The summed E-state index contributed by atoms with van der Waals surface area (Å²) in [5.74, 6) is 1.35. The van der Waals surface area contributed by atoms with E-state index in [-0.39, 0.29) is 17.5 Å². The lowest BCUT2D eigenvalue weighted by Gasteiger charge is -2.18. The average molecular weight is 537 g/mol. The van der Waals surface area contributed by atoms with Crippen LogP contribution < -0.4 is 20.1 Å². The fourth-order valence-corrected chi connectivity index (χ4v) is 4.38. The lowest BCUT2D eigenvalue weighted by atomic mass is 10.1. The SMILES string of the molecule is CNC(=O)c1cc(Oc2ccc(CCC(=O)Nc3cc(C)c(Cl)cc3OCCN3CCCC3)cc2)ccn1. The summed E-state index contributed by atoms with van der Waals surface area (Å²) < 4.78 is 11.9. The number of nitrogens with zero attached hydrogens (tertiary/aromatic N) is 2. The number of amides is 2. The van der Waals surface area contributed by atoms with Gasteiger partial charge in [0, 0.05) is 43.4 Å². The Bertz CT molecular complexity index is 1260. The van der Waals surface area contributed by atoms with Crippen molar-refractivity contribution in [1.29, 1.82) is 0 Å². The third-order valence-corrected chi connectivity index (χ3v) is 6.80. The molecule has 0 spiro atoms. The summed E-state index contributed by atoms with van der Waals surface area (Å²) in [5.41, 5.74) is 2.79. The summed E-state index contributed by atoms with van der Waals surface area (Å²) in [7, 11) is 1.55. The third-order valence-electron chi connectivity index (χ3n) is 6.39.